The number of hydrogen-bond donors (Lipinski definition) is 0. The zero-order valence-corrected chi connectivity index (χ0v) is 8.21. The van der Waals surface area contributed by atoms with Crippen LogP contribution in [0.5, 0.6) is 0 Å². The topological polar surface area (TPSA) is 13.1 Å². The van der Waals surface area contributed by atoms with Gasteiger partial charge in [0.25, 0.3) is 0 Å². The van der Waals surface area contributed by atoms with Gasteiger partial charge in [-0.25, -0.2) is 0 Å². The summed E-state index contributed by atoms with van der Waals surface area (Å²) < 4.78 is 5.71. The van der Waals surface area contributed by atoms with Crippen LogP contribution in [0.25, 0.3) is 11.0 Å². The standard InChI is InChI=1S/C13H12O/c1-3-4-8-12-10(2)11-7-5-6-9-13(11)14-12/h1,5-7,9H,4,8H2,2H3. The third-order valence-corrected chi connectivity index (χ3v) is 2.44. The van der Waals surface area contributed by atoms with Crippen LogP contribution in [-0.2, 0) is 6.42 Å². The normalized spacial score (nSPS) is 10.3. The highest BCUT2D eigenvalue weighted by atomic mass is 16.3. The summed E-state index contributed by atoms with van der Waals surface area (Å²) in [6.07, 6.45) is 6.80. The van der Waals surface area contributed by atoms with E-state index in [0.29, 0.717) is 0 Å². The minimum absolute atomic E-state index is 0.737. The fraction of sp³-hybridized carbons (Fsp3) is 0.231. The maximum Gasteiger partial charge on any atom is 0.134 e. The van der Waals surface area contributed by atoms with E-state index in [1.54, 1.807) is 0 Å². The van der Waals surface area contributed by atoms with Crippen molar-refractivity contribution in [3.8, 4) is 12.3 Å². The summed E-state index contributed by atoms with van der Waals surface area (Å²) in [4.78, 5) is 0. The second kappa shape index (κ2) is 3.59. The summed E-state index contributed by atoms with van der Waals surface area (Å²) in [5, 5.41) is 1.19. The fourth-order valence-corrected chi connectivity index (χ4v) is 1.65. The summed E-state index contributed by atoms with van der Waals surface area (Å²) in [6, 6.07) is 8.07. The highest BCUT2D eigenvalue weighted by molar-refractivity contribution is 5.81. The molecule has 0 bridgehead atoms. The molecule has 0 saturated carbocycles. The van der Waals surface area contributed by atoms with E-state index in [4.69, 9.17) is 10.8 Å². The molecule has 1 heterocycles. The summed E-state index contributed by atoms with van der Waals surface area (Å²) in [6.45, 7) is 2.08. The van der Waals surface area contributed by atoms with E-state index in [2.05, 4.69) is 18.9 Å². The van der Waals surface area contributed by atoms with Gasteiger partial charge in [0.1, 0.15) is 11.3 Å². The van der Waals surface area contributed by atoms with Crippen LogP contribution in [0.3, 0.4) is 0 Å². The Morgan fingerprint density at radius 2 is 2.14 bits per heavy atom. The van der Waals surface area contributed by atoms with E-state index in [1.807, 2.05) is 18.2 Å². The molecular formula is C13H12O. The molecule has 2 rings (SSSR count). The van der Waals surface area contributed by atoms with E-state index in [0.717, 1.165) is 24.2 Å². The lowest BCUT2D eigenvalue weighted by atomic mass is 10.1. The molecule has 0 unspecified atom stereocenters. The largest absolute Gasteiger partial charge is 0.461 e. The number of aryl methyl sites for hydroxylation is 2. The Morgan fingerprint density at radius 3 is 2.86 bits per heavy atom. The van der Waals surface area contributed by atoms with Crippen LogP contribution in [0.4, 0.5) is 0 Å². The van der Waals surface area contributed by atoms with Crippen LogP contribution in [0, 0.1) is 19.3 Å². The molecule has 1 nitrogen and oxygen atoms in total. The average Bonchev–Trinajstić information content (AvgIpc) is 2.54. The molecule has 0 spiro atoms. The van der Waals surface area contributed by atoms with E-state index in [9.17, 15) is 0 Å². The van der Waals surface area contributed by atoms with Gasteiger partial charge < -0.3 is 4.42 Å². The highest BCUT2D eigenvalue weighted by Gasteiger charge is 2.08. The van der Waals surface area contributed by atoms with Crippen LogP contribution in [-0.4, -0.2) is 0 Å². The van der Waals surface area contributed by atoms with Gasteiger partial charge in [0.15, 0.2) is 0 Å². The fourth-order valence-electron chi connectivity index (χ4n) is 1.65. The Morgan fingerprint density at radius 1 is 1.36 bits per heavy atom. The molecule has 1 heteroatoms. The molecule has 70 valence electrons. The average molecular weight is 184 g/mol. The number of terminal acetylenes is 1. The molecule has 0 aliphatic carbocycles. The van der Waals surface area contributed by atoms with Crippen molar-refractivity contribution in [3.63, 3.8) is 0 Å². The van der Waals surface area contributed by atoms with Crippen molar-refractivity contribution in [1.29, 1.82) is 0 Å². The summed E-state index contributed by atoms with van der Waals surface area (Å²) >= 11 is 0. The van der Waals surface area contributed by atoms with Crippen LogP contribution in [0.1, 0.15) is 17.7 Å². The summed E-state index contributed by atoms with van der Waals surface area (Å²) in [5.74, 6) is 3.65. The van der Waals surface area contributed by atoms with Crippen LogP contribution in [0.15, 0.2) is 28.7 Å². The Bertz CT molecular complexity index is 485. The van der Waals surface area contributed by atoms with Crippen molar-refractivity contribution < 1.29 is 4.42 Å². The first-order valence-electron chi connectivity index (χ1n) is 4.73. The quantitative estimate of drug-likeness (QED) is 0.652. The SMILES string of the molecule is C#CCCc1oc2ccccc2c1C. The van der Waals surface area contributed by atoms with Crippen LogP contribution in [0.2, 0.25) is 0 Å². The maximum absolute atomic E-state index is 5.71. The molecule has 0 atom stereocenters. The molecule has 1 aromatic heterocycles. The van der Waals surface area contributed by atoms with E-state index in [1.165, 1.54) is 10.9 Å². The van der Waals surface area contributed by atoms with Crippen molar-refractivity contribution in [2.24, 2.45) is 0 Å². The lowest BCUT2D eigenvalue weighted by molar-refractivity contribution is 0.547. The first-order valence-corrected chi connectivity index (χ1v) is 4.73. The van der Waals surface area contributed by atoms with Crippen molar-refractivity contribution in [1.82, 2.24) is 0 Å². The van der Waals surface area contributed by atoms with Crippen LogP contribution < -0.4 is 0 Å². The molecular weight excluding hydrogens is 172 g/mol. The predicted octanol–water partition coefficient (Wildman–Crippen LogP) is 3.31. The molecule has 0 fully saturated rings. The van der Waals surface area contributed by atoms with E-state index in [-0.39, 0.29) is 0 Å². The Balaban J connectivity index is 2.47. The van der Waals surface area contributed by atoms with Crippen molar-refractivity contribution in [2.75, 3.05) is 0 Å². The summed E-state index contributed by atoms with van der Waals surface area (Å²) in [7, 11) is 0. The number of fused-ring (bicyclic) bond motifs is 1. The van der Waals surface area contributed by atoms with Crippen LogP contribution >= 0.6 is 0 Å². The molecule has 1 aromatic carbocycles. The van der Waals surface area contributed by atoms with Gasteiger partial charge in [-0.15, -0.1) is 12.3 Å². The number of rotatable bonds is 2. The van der Waals surface area contributed by atoms with E-state index >= 15 is 0 Å². The molecule has 0 aliphatic rings. The molecule has 0 amide bonds. The zero-order valence-electron chi connectivity index (χ0n) is 8.21. The third kappa shape index (κ3) is 1.40. The molecule has 0 radical (unpaired) electrons. The van der Waals surface area contributed by atoms with Gasteiger partial charge in [0, 0.05) is 18.2 Å². The van der Waals surface area contributed by atoms with Crippen molar-refractivity contribution in [2.45, 2.75) is 19.8 Å². The van der Waals surface area contributed by atoms with Gasteiger partial charge in [-0.1, -0.05) is 18.2 Å². The highest BCUT2D eigenvalue weighted by Crippen LogP contribution is 2.25. The molecule has 2 aromatic rings. The van der Waals surface area contributed by atoms with Crippen molar-refractivity contribution in [3.05, 3.63) is 35.6 Å². The second-order valence-electron chi connectivity index (χ2n) is 3.35. The monoisotopic (exact) mass is 184 g/mol. The maximum atomic E-state index is 5.71. The third-order valence-electron chi connectivity index (χ3n) is 2.44. The second-order valence-corrected chi connectivity index (χ2v) is 3.35. The summed E-state index contributed by atoms with van der Waals surface area (Å²) in [5.41, 5.74) is 2.17. The zero-order chi connectivity index (χ0) is 9.97. The lowest BCUT2D eigenvalue weighted by Crippen LogP contribution is -1.82. The first kappa shape index (κ1) is 8.90. The first-order chi connectivity index (χ1) is 6.83. The van der Waals surface area contributed by atoms with Gasteiger partial charge >= 0.3 is 0 Å². The molecule has 0 aliphatic heterocycles. The minimum atomic E-state index is 0.737. The number of para-hydroxylation sites is 1. The van der Waals surface area contributed by atoms with Gasteiger partial charge in [-0.3, -0.25) is 0 Å². The minimum Gasteiger partial charge on any atom is -0.461 e. The van der Waals surface area contributed by atoms with Gasteiger partial charge in [0.2, 0.25) is 0 Å². The molecule has 14 heavy (non-hydrogen) atoms. The van der Waals surface area contributed by atoms with Gasteiger partial charge in [-0.2, -0.15) is 0 Å². The smallest absolute Gasteiger partial charge is 0.134 e. The Hall–Kier alpha value is -1.68. The Labute approximate surface area is 83.7 Å². The number of benzene rings is 1. The van der Waals surface area contributed by atoms with Crippen molar-refractivity contribution >= 4 is 11.0 Å². The van der Waals surface area contributed by atoms with E-state index < -0.39 is 0 Å². The number of furan rings is 1. The van der Waals surface area contributed by atoms with Gasteiger partial charge in [-0.05, 0) is 18.6 Å². The predicted molar refractivity (Wildman–Crippen MR) is 58.1 cm³/mol. The Kier molecular flexibility index (Phi) is 2.28. The molecule has 0 saturated heterocycles. The molecule has 0 N–H and O–H groups in total. The van der Waals surface area contributed by atoms with Gasteiger partial charge in [0.05, 0.1) is 0 Å². The lowest BCUT2D eigenvalue weighted by Gasteiger charge is -1.92. The number of hydrogen-bond acceptors (Lipinski definition) is 1.